The van der Waals surface area contributed by atoms with E-state index in [1.54, 1.807) is 6.92 Å². The van der Waals surface area contributed by atoms with E-state index in [4.69, 9.17) is 4.74 Å². The fourth-order valence-electron chi connectivity index (χ4n) is 1.02. The summed E-state index contributed by atoms with van der Waals surface area (Å²) < 4.78 is 4.82. The Morgan fingerprint density at radius 2 is 2.46 bits per heavy atom. The molecule has 0 aromatic heterocycles. The number of aliphatic imine (C=N–C) groups is 1. The van der Waals surface area contributed by atoms with Crippen molar-refractivity contribution in [3.05, 3.63) is 10.6 Å². The normalized spacial score (nSPS) is 19.0. The Labute approximate surface area is 79.0 Å². The molecule has 0 saturated carbocycles. The Kier molecular flexibility index (Phi) is 2.13. The molecular weight excluding hydrogens is 190 g/mol. The van der Waals surface area contributed by atoms with Crippen molar-refractivity contribution < 1.29 is 9.53 Å². The van der Waals surface area contributed by atoms with Gasteiger partial charge < -0.3 is 4.74 Å². The zero-order chi connectivity index (χ0) is 9.26. The molecule has 0 fully saturated rings. The second kappa shape index (κ2) is 3.29. The average molecular weight is 197 g/mol. The number of amidine groups is 1. The van der Waals surface area contributed by atoms with Crippen LogP contribution in [0.4, 0.5) is 0 Å². The van der Waals surface area contributed by atoms with E-state index in [1.165, 1.54) is 11.8 Å². The highest BCUT2D eigenvalue weighted by Crippen LogP contribution is 2.33. The van der Waals surface area contributed by atoms with Crippen LogP contribution in [0.15, 0.2) is 25.8 Å². The zero-order valence-electron chi connectivity index (χ0n) is 6.98. The average Bonchev–Trinajstić information content (AvgIpc) is 2.62. The number of carbonyl (C=O) groups excluding carboxylic acids is 1. The fourth-order valence-corrected chi connectivity index (χ4v) is 1.83. The van der Waals surface area contributed by atoms with Gasteiger partial charge >= 0.3 is 5.97 Å². The third-order valence-corrected chi connectivity index (χ3v) is 2.48. The Hall–Kier alpha value is -1.17. The lowest BCUT2D eigenvalue weighted by atomic mass is 10.4. The van der Waals surface area contributed by atoms with E-state index < -0.39 is 5.97 Å². The summed E-state index contributed by atoms with van der Waals surface area (Å²) in [4.78, 5) is 16.1. The summed E-state index contributed by atoms with van der Waals surface area (Å²) in [6, 6.07) is 0. The quantitative estimate of drug-likeness (QED) is 0.627. The molecule has 0 aliphatic carbocycles. The SMILES string of the molecule is CCOC(=O)C1=C2SCN=C2N=N1. The molecule has 0 spiro atoms. The molecule has 2 rings (SSSR count). The van der Waals surface area contributed by atoms with Gasteiger partial charge in [-0.1, -0.05) is 11.8 Å². The minimum Gasteiger partial charge on any atom is -0.461 e. The van der Waals surface area contributed by atoms with Crippen LogP contribution in [0.3, 0.4) is 0 Å². The lowest BCUT2D eigenvalue weighted by Gasteiger charge is -1.98. The number of esters is 1. The van der Waals surface area contributed by atoms with Gasteiger partial charge in [0.1, 0.15) is 0 Å². The van der Waals surface area contributed by atoms with Gasteiger partial charge in [-0.25, -0.2) is 4.79 Å². The van der Waals surface area contributed by atoms with E-state index in [2.05, 4.69) is 15.2 Å². The molecule has 2 heterocycles. The van der Waals surface area contributed by atoms with Crippen LogP contribution in [0.2, 0.25) is 0 Å². The van der Waals surface area contributed by atoms with E-state index in [1.807, 2.05) is 0 Å². The molecule has 0 aromatic carbocycles. The largest absolute Gasteiger partial charge is 0.461 e. The topological polar surface area (TPSA) is 63.4 Å². The molecule has 0 N–H and O–H groups in total. The molecule has 0 bridgehead atoms. The third-order valence-electron chi connectivity index (χ3n) is 1.55. The van der Waals surface area contributed by atoms with Crippen LogP contribution in [0.5, 0.6) is 0 Å². The molecule has 13 heavy (non-hydrogen) atoms. The molecule has 0 atom stereocenters. The van der Waals surface area contributed by atoms with E-state index >= 15 is 0 Å². The van der Waals surface area contributed by atoms with Gasteiger partial charge in [0.05, 0.1) is 17.4 Å². The summed E-state index contributed by atoms with van der Waals surface area (Å²) in [5.41, 5.74) is 0.295. The molecular formula is C7H7N3O2S. The highest BCUT2D eigenvalue weighted by atomic mass is 32.2. The molecule has 5 nitrogen and oxygen atoms in total. The van der Waals surface area contributed by atoms with Gasteiger partial charge in [0, 0.05) is 0 Å². The Morgan fingerprint density at radius 3 is 3.23 bits per heavy atom. The Balaban J connectivity index is 2.25. The number of carbonyl (C=O) groups is 1. The summed E-state index contributed by atoms with van der Waals surface area (Å²) in [6.45, 7) is 2.11. The first-order valence-corrected chi connectivity index (χ1v) is 4.82. The predicted molar refractivity (Wildman–Crippen MR) is 48.4 cm³/mol. The van der Waals surface area contributed by atoms with Crippen LogP contribution >= 0.6 is 11.8 Å². The first-order chi connectivity index (χ1) is 6.33. The second-order valence-electron chi connectivity index (χ2n) is 2.35. The fraction of sp³-hybridized carbons (Fsp3) is 0.429. The summed E-state index contributed by atoms with van der Waals surface area (Å²) in [5.74, 6) is 0.765. The van der Waals surface area contributed by atoms with Gasteiger partial charge in [-0.2, -0.15) is 0 Å². The molecule has 0 amide bonds. The Morgan fingerprint density at radius 1 is 1.62 bits per heavy atom. The molecule has 2 aliphatic heterocycles. The molecule has 0 saturated heterocycles. The molecule has 6 heteroatoms. The zero-order valence-corrected chi connectivity index (χ0v) is 7.80. The Bertz CT molecular complexity index is 346. The molecule has 2 aliphatic rings. The number of nitrogens with zero attached hydrogens (tertiary/aromatic N) is 3. The smallest absolute Gasteiger partial charge is 0.360 e. The highest BCUT2D eigenvalue weighted by molar-refractivity contribution is 8.04. The van der Waals surface area contributed by atoms with Crippen LogP contribution < -0.4 is 0 Å². The summed E-state index contributed by atoms with van der Waals surface area (Å²) in [7, 11) is 0. The summed E-state index contributed by atoms with van der Waals surface area (Å²) in [5, 5.41) is 7.48. The van der Waals surface area contributed by atoms with Crippen molar-refractivity contribution in [2.75, 3.05) is 12.5 Å². The van der Waals surface area contributed by atoms with Crippen LogP contribution in [-0.2, 0) is 9.53 Å². The van der Waals surface area contributed by atoms with Crippen LogP contribution in [0.1, 0.15) is 6.92 Å². The maximum atomic E-state index is 11.3. The van der Waals surface area contributed by atoms with Crippen molar-refractivity contribution in [3.8, 4) is 0 Å². The maximum Gasteiger partial charge on any atom is 0.360 e. The predicted octanol–water partition coefficient (Wildman–Crippen LogP) is 1.33. The standard InChI is InChI=1S/C7H7N3O2S/c1-2-12-7(11)4-5-6(10-9-4)8-3-13-5/h2-3H2,1H3. The van der Waals surface area contributed by atoms with Crippen LogP contribution in [-0.4, -0.2) is 24.3 Å². The molecule has 68 valence electrons. The van der Waals surface area contributed by atoms with E-state index in [0.29, 0.717) is 24.0 Å². The summed E-state index contributed by atoms with van der Waals surface area (Å²) in [6.07, 6.45) is 0. The number of azo groups is 1. The van der Waals surface area contributed by atoms with Crippen molar-refractivity contribution >= 4 is 23.6 Å². The summed E-state index contributed by atoms with van der Waals surface area (Å²) >= 11 is 1.46. The maximum absolute atomic E-state index is 11.3. The van der Waals surface area contributed by atoms with Crippen molar-refractivity contribution in [1.29, 1.82) is 0 Å². The van der Waals surface area contributed by atoms with Crippen molar-refractivity contribution in [2.45, 2.75) is 6.92 Å². The highest BCUT2D eigenvalue weighted by Gasteiger charge is 2.29. The number of thioether (sulfide) groups is 1. The minimum atomic E-state index is -0.416. The number of ether oxygens (including phenoxy) is 1. The first-order valence-electron chi connectivity index (χ1n) is 3.83. The number of fused-ring (bicyclic) bond motifs is 1. The number of hydrogen-bond acceptors (Lipinski definition) is 6. The van der Waals surface area contributed by atoms with Crippen molar-refractivity contribution in [3.63, 3.8) is 0 Å². The van der Waals surface area contributed by atoms with Gasteiger partial charge in [-0.05, 0) is 6.92 Å². The minimum absolute atomic E-state index is 0.295. The second-order valence-corrected chi connectivity index (χ2v) is 3.31. The van der Waals surface area contributed by atoms with Gasteiger partial charge in [-0.3, -0.25) is 4.99 Å². The first kappa shape index (κ1) is 8.43. The van der Waals surface area contributed by atoms with Gasteiger partial charge in [0.15, 0.2) is 11.5 Å². The van der Waals surface area contributed by atoms with E-state index in [9.17, 15) is 4.79 Å². The van der Waals surface area contributed by atoms with Crippen molar-refractivity contribution in [2.24, 2.45) is 15.2 Å². The van der Waals surface area contributed by atoms with E-state index in [-0.39, 0.29) is 0 Å². The molecule has 0 aromatic rings. The van der Waals surface area contributed by atoms with Gasteiger partial charge in [-0.15, -0.1) is 10.2 Å². The van der Waals surface area contributed by atoms with Gasteiger partial charge in [0.2, 0.25) is 0 Å². The number of rotatable bonds is 2. The number of hydrogen-bond donors (Lipinski definition) is 0. The molecule has 0 radical (unpaired) electrons. The third kappa shape index (κ3) is 1.37. The van der Waals surface area contributed by atoms with Crippen LogP contribution in [0, 0.1) is 0 Å². The van der Waals surface area contributed by atoms with Gasteiger partial charge in [0.25, 0.3) is 0 Å². The monoisotopic (exact) mass is 197 g/mol. The molecule has 0 unspecified atom stereocenters. The lowest BCUT2D eigenvalue weighted by Crippen LogP contribution is -2.06. The van der Waals surface area contributed by atoms with Crippen LogP contribution in [0.25, 0.3) is 0 Å². The van der Waals surface area contributed by atoms with Crippen molar-refractivity contribution in [1.82, 2.24) is 0 Å². The lowest BCUT2D eigenvalue weighted by molar-refractivity contribution is -0.138. The van der Waals surface area contributed by atoms with E-state index in [0.717, 1.165) is 4.91 Å².